The van der Waals surface area contributed by atoms with Crippen molar-refractivity contribution in [2.75, 3.05) is 0 Å². The Bertz CT molecular complexity index is 588. The number of rotatable bonds is 4. The SMILES string of the molecule is O=C(Cl)c1ccccc1CCc1cc(Cl)cc(Cl)c1. The van der Waals surface area contributed by atoms with Crippen molar-refractivity contribution in [2.45, 2.75) is 12.8 Å². The van der Waals surface area contributed by atoms with Gasteiger partial charge in [-0.1, -0.05) is 41.4 Å². The summed E-state index contributed by atoms with van der Waals surface area (Å²) in [6.07, 6.45) is 1.47. The summed E-state index contributed by atoms with van der Waals surface area (Å²) in [6.45, 7) is 0. The maximum Gasteiger partial charge on any atom is 0.252 e. The molecule has 0 radical (unpaired) electrons. The van der Waals surface area contributed by atoms with E-state index >= 15 is 0 Å². The number of hydrogen-bond acceptors (Lipinski definition) is 1. The van der Waals surface area contributed by atoms with Crippen LogP contribution in [0.3, 0.4) is 0 Å². The van der Waals surface area contributed by atoms with Crippen LogP contribution in [0.4, 0.5) is 0 Å². The van der Waals surface area contributed by atoms with Crippen molar-refractivity contribution in [3.05, 3.63) is 69.2 Å². The van der Waals surface area contributed by atoms with Crippen molar-refractivity contribution < 1.29 is 4.79 Å². The summed E-state index contributed by atoms with van der Waals surface area (Å²) in [5, 5.41) is 0.799. The predicted molar refractivity (Wildman–Crippen MR) is 80.5 cm³/mol. The summed E-state index contributed by atoms with van der Waals surface area (Å²) in [6, 6.07) is 12.8. The molecule has 2 rings (SSSR count). The Labute approximate surface area is 127 Å². The molecule has 2 aromatic carbocycles. The van der Waals surface area contributed by atoms with Crippen LogP contribution in [0.25, 0.3) is 0 Å². The van der Waals surface area contributed by atoms with E-state index < -0.39 is 5.24 Å². The standard InChI is InChI=1S/C15H11Cl3O/c16-12-7-10(8-13(17)9-12)5-6-11-3-1-2-4-14(11)15(18)19/h1-4,7-9H,5-6H2. The third-order valence-electron chi connectivity index (χ3n) is 2.83. The highest BCUT2D eigenvalue weighted by Crippen LogP contribution is 2.21. The maximum atomic E-state index is 11.3. The Hall–Kier alpha value is -1.02. The number of carbonyl (C=O) groups excluding carboxylic acids is 1. The molecule has 0 spiro atoms. The van der Waals surface area contributed by atoms with Gasteiger partial charge in [-0.05, 0) is 59.8 Å². The molecular weight excluding hydrogens is 303 g/mol. The van der Waals surface area contributed by atoms with Crippen molar-refractivity contribution in [2.24, 2.45) is 0 Å². The molecule has 0 heterocycles. The van der Waals surface area contributed by atoms with Gasteiger partial charge in [0.15, 0.2) is 0 Å². The molecule has 2 aromatic rings. The van der Waals surface area contributed by atoms with Gasteiger partial charge in [0.05, 0.1) is 0 Å². The summed E-state index contributed by atoms with van der Waals surface area (Å²) in [4.78, 5) is 11.3. The van der Waals surface area contributed by atoms with Crippen molar-refractivity contribution in [1.82, 2.24) is 0 Å². The summed E-state index contributed by atoms with van der Waals surface area (Å²) >= 11 is 17.5. The van der Waals surface area contributed by atoms with Crippen LogP contribution in [-0.2, 0) is 12.8 Å². The second kappa shape index (κ2) is 6.42. The molecule has 0 fully saturated rings. The molecule has 1 nitrogen and oxygen atoms in total. The van der Waals surface area contributed by atoms with Gasteiger partial charge in [0.25, 0.3) is 5.24 Å². The lowest BCUT2D eigenvalue weighted by Gasteiger charge is -2.07. The molecule has 0 unspecified atom stereocenters. The van der Waals surface area contributed by atoms with E-state index in [1.807, 2.05) is 24.3 Å². The first kappa shape index (κ1) is 14.4. The Balaban J connectivity index is 2.16. The lowest BCUT2D eigenvalue weighted by Crippen LogP contribution is -1.99. The first-order valence-electron chi connectivity index (χ1n) is 5.79. The van der Waals surface area contributed by atoms with E-state index in [1.54, 1.807) is 18.2 Å². The van der Waals surface area contributed by atoms with Gasteiger partial charge < -0.3 is 0 Å². The van der Waals surface area contributed by atoms with Crippen LogP contribution >= 0.6 is 34.8 Å². The number of carbonyl (C=O) groups is 1. The Morgan fingerprint density at radius 2 is 1.58 bits per heavy atom. The number of benzene rings is 2. The smallest absolute Gasteiger partial charge is 0.252 e. The van der Waals surface area contributed by atoms with Crippen LogP contribution in [0.5, 0.6) is 0 Å². The summed E-state index contributed by atoms with van der Waals surface area (Å²) in [5.74, 6) is 0. The molecule has 0 aromatic heterocycles. The average molecular weight is 314 g/mol. The highest BCUT2D eigenvalue weighted by molar-refractivity contribution is 6.67. The van der Waals surface area contributed by atoms with Crippen molar-refractivity contribution in [1.29, 1.82) is 0 Å². The Morgan fingerprint density at radius 1 is 0.947 bits per heavy atom. The molecule has 0 aliphatic heterocycles. The zero-order chi connectivity index (χ0) is 13.8. The van der Waals surface area contributed by atoms with Crippen molar-refractivity contribution in [3.8, 4) is 0 Å². The van der Waals surface area contributed by atoms with Crippen LogP contribution in [0.1, 0.15) is 21.5 Å². The third-order valence-corrected chi connectivity index (χ3v) is 3.47. The largest absolute Gasteiger partial charge is 0.276 e. The summed E-state index contributed by atoms with van der Waals surface area (Å²) in [5.41, 5.74) is 2.52. The van der Waals surface area contributed by atoms with Gasteiger partial charge in [-0.15, -0.1) is 0 Å². The number of halogens is 3. The fraction of sp³-hybridized carbons (Fsp3) is 0.133. The molecule has 0 atom stereocenters. The second-order valence-electron chi connectivity index (χ2n) is 4.21. The molecule has 0 saturated carbocycles. The topological polar surface area (TPSA) is 17.1 Å². The van der Waals surface area contributed by atoms with Crippen molar-refractivity contribution in [3.63, 3.8) is 0 Å². The molecule has 0 amide bonds. The van der Waals surface area contributed by atoms with E-state index in [4.69, 9.17) is 34.8 Å². The van der Waals surface area contributed by atoms with Gasteiger partial charge in [0, 0.05) is 15.6 Å². The highest BCUT2D eigenvalue weighted by Gasteiger charge is 2.08. The van der Waals surface area contributed by atoms with E-state index in [9.17, 15) is 4.79 Å². The fourth-order valence-corrected chi connectivity index (χ4v) is 2.72. The molecule has 0 aliphatic carbocycles. The van der Waals surface area contributed by atoms with Gasteiger partial charge in [0.2, 0.25) is 0 Å². The quantitative estimate of drug-likeness (QED) is 0.713. The number of aryl methyl sites for hydroxylation is 2. The van der Waals surface area contributed by atoms with Gasteiger partial charge in [-0.3, -0.25) is 4.79 Å². The first-order chi connectivity index (χ1) is 9.06. The minimum absolute atomic E-state index is 0.431. The van der Waals surface area contributed by atoms with Crippen LogP contribution < -0.4 is 0 Å². The van der Waals surface area contributed by atoms with E-state index in [2.05, 4.69) is 0 Å². The highest BCUT2D eigenvalue weighted by atomic mass is 35.5. The van der Waals surface area contributed by atoms with Crippen LogP contribution in [0.2, 0.25) is 10.0 Å². The van der Waals surface area contributed by atoms with Gasteiger partial charge >= 0.3 is 0 Å². The Morgan fingerprint density at radius 3 is 2.21 bits per heavy atom. The molecule has 0 aliphatic rings. The van der Waals surface area contributed by atoms with Crippen LogP contribution in [0.15, 0.2) is 42.5 Å². The monoisotopic (exact) mass is 312 g/mol. The Kier molecular flexibility index (Phi) is 4.87. The van der Waals surface area contributed by atoms with E-state index in [-0.39, 0.29) is 0 Å². The van der Waals surface area contributed by atoms with Crippen LogP contribution in [0, 0.1) is 0 Å². The van der Waals surface area contributed by atoms with Gasteiger partial charge in [-0.25, -0.2) is 0 Å². The van der Waals surface area contributed by atoms with Crippen molar-refractivity contribution >= 4 is 40.0 Å². The normalized spacial score (nSPS) is 10.5. The van der Waals surface area contributed by atoms with E-state index in [1.165, 1.54) is 0 Å². The molecule has 19 heavy (non-hydrogen) atoms. The third kappa shape index (κ3) is 3.97. The lowest BCUT2D eigenvalue weighted by molar-refractivity contribution is 0.108. The summed E-state index contributed by atoms with van der Waals surface area (Å²) in [7, 11) is 0. The zero-order valence-corrected chi connectivity index (χ0v) is 12.3. The summed E-state index contributed by atoms with van der Waals surface area (Å²) < 4.78 is 0. The molecule has 0 saturated heterocycles. The minimum Gasteiger partial charge on any atom is -0.276 e. The second-order valence-corrected chi connectivity index (χ2v) is 5.42. The average Bonchev–Trinajstić information content (AvgIpc) is 2.35. The van der Waals surface area contributed by atoms with Gasteiger partial charge in [0.1, 0.15) is 0 Å². The predicted octanol–water partition coefficient (Wildman–Crippen LogP) is 5.16. The van der Waals surface area contributed by atoms with Crippen LogP contribution in [-0.4, -0.2) is 5.24 Å². The lowest BCUT2D eigenvalue weighted by atomic mass is 10.0. The first-order valence-corrected chi connectivity index (χ1v) is 6.92. The van der Waals surface area contributed by atoms with E-state index in [0.29, 0.717) is 22.0 Å². The fourth-order valence-electron chi connectivity index (χ4n) is 1.96. The van der Waals surface area contributed by atoms with Gasteiger partial charge in [-0.2, -0.15) is 0 Å². The maximum absolute atomic E-state index is 11.3. The number of hydrogen-bond donors (Lipinski definition) is 0. The minimum atomic E-state index is -0.431. The molecular formula is C15H11Cl3O. The molecule has 98 valence electrons. The molecule has 0 N–H and O–H groups in total. The zero-order valence-electron chi connectivity index (χ0n) is 10.00. The van der Waals surface area contributed by atoms with E-state index in [0.717, 1.165) is 17.5 Å². The molecule has 4 heteroatoms. The molecule has 0 bridgehead atoms.